The van der Waals surface area contributed by atoms with Gasteiger partial charge >= 0.3 is 0 Å². The highest BCUT2D eigenvalue weighted by Gasteiger charge is 1.85. The Balaban J connectivity index is -0.000000205. The predicted octanol–water partition coefficient (Wildman–Crippen LogP) is 7.37. The Hall–Kier alpha value is 0. The Labute approximate surface area is 113 Å². The van der Waals surface area contributed by atoms with E-state index in [1.165, 1.54) is 70.6 Å². The number of hydrogen-bond donors (Lipinski definition) is 0. The molecule has 0 heteroatoms. The maximum absolute atomic E-state index is 2.26. The van der Waals surface area contributed by atoms with Crippen LogP contribution in [0.15, 0.2) is 0 Å². The molecule has 0 aromatic heterocycles. The van der Waals surface area contributed by atoms with Crippen molar-refractivity contribution in [1.82, 2.24) is 0 Å². The van der Waals surface area contributed by atoms with Gasteiger partial charge in [0.15, 0.2) is 0 Å². The summed E-state index contributed by atoms with van der Waals surface area (Å²) in [6, 6.07) is 0. The topological polar surface area (TPSA) is 0 Å². The lowest BCUT2D eigenvalue weighted by molar-refractivity contribution is 0.602. The van der Waals surface area contributed by atoms with Crippen LogP contribution in [0.1, 0.15) is 112 Å². The molecule has 0 N–H and O–H groups in total. The van der Waals surface area contributed by atoms with Gasteiger partial charge in [0, 0.05) is 0 Å². The molecule has 0 nitrogen and oxygen atoms in total. The molecule has 0 aliphatic heterocycles. The lowest BCUT2D eigenvalue weighted by Gasteiger charge is -1.96. The minimum absolute atomic E-state index is 1.32. The lowest BCUT2D eigenvalue weighted by Crippen LogP contribution is -1.76. The smallest absolute Gasteiger partial charge is 0.0533 e. The monoisotopic (exact) mass is 244 g/mol. The maximum Gasteiger partial charge on any atom is -0.0533 e. The summed E-state index contributed by atoms with van der Waals surface area (Å²) in [6.45, 7) is 13.2. The van der Waals surface area contributed by atoms with E-state index < -0.39 is 0 Å². The van der Waals surface area contributed by atoms with Gasteiger partial charge in [0.05, 0.1) is 0 Å². The summed E-state index contributed by atoms with van der Waals surface area (Å²) in [5, 5.41) is 0. The summed E-state index contributed by atoms with van der Waals surface area (Å²) < 4.78 is 0. The van der Waals surface area contributed by atoms with Crippen molar-refractivity contribution in [3.8, 4) is 0 Å². The van der Waals surface area contributed by atoms with E-state index in [1.807, 2.05) is 0 Å². The van der Waals surface area contributed by atoms with Crippen LogP contribution in [0, 0.1) is 0 Å². The molecule has 0 saturated carbocycles. The van der Waals surface area contributed by atoms with Gasteiger partial charge < -0.3 is 0 Å². The number of unbranched alkanes of at least 4 members (excludes halogenated alkanes) is 8. The van der Waals surface area contributed by atoms with Crippen molar-refractivity contribution >= 4 is 0 Å². The molecule has 0 rings (SSSR count). The standard InChI is InChI=1S/C9H20.2C4H10/c1-3-5-7-9-8-6-4-2;2*1-3-4-2/h3-9H2,1-2H3;2*3-4H2,1-2H3. The van der Waals surface area contributed by atoms with Crippen LogP contribution < -0.4 is 0 Å². The SMILES string of the molecule is CCCC.CCCC.CCCCCCCCC. The summed E-state index contributed by atoms with van der Waals surface area (Å²) in [6.07, 6.45) is 15.3. The molecule has 0 unspecified atom stereocenters. The second kappa shape index (κ2) is 29.8. The number of hydrogen-bond acceptors (Lipinski definition) is 0. The Kier molecular flexibility index (Phi) is 38.9. The van der Waals surface area contributed by atoms with E-state index >= 15 is 0 Å². The zero-order chi connectivity index (χ0) is 13.8. The van der Waals surface area contributed by atoms with Gasteiger partial charge in [0.1, 0.15) is 0 Å². The first-order valence-corrected chi connectivity index (χ1v) is 8.24. The summed E-state index contributed by atoms with van der Waals surface area (Å²) >= 11 is 0. The van der Waals surface area contributed by atoms with Crippen LogP contribution in [-0.4, -0.2) is 0 Å². The Morgan fingerprint density at radius 3 is 0.706 bits per heavy atom. The first-order valence-electron chi connectivity index (χ1n) is 8.24. The van der Waals surface area contributed by atoms with Crippen LogP contribution in [0.4, 0.5) is 0 Å². The molecule has 0 spiro atoms. The van der Waals surface area contributed by atoms with Gasteiger partial charge in [0.2, 0.25) is 0 Å². The molecule has 0 bridgehead atoms. The summed E-state index contributed by atoms with van der Waals surface area (Å²) in [4.78, 5) is 0. The molecular weight excluding hydrogens is 204 g/mol. The van der Waals surface area contributed by atoms with Crippen molar-refractivity contribution in [2.24, 2.45) is 0 Å². The minimum Gasteiger partial charge on any atom is -0.0654 e. The van der Waals surface area contributed by atoms with Gasteiger partial charge in [-0.25, -0.2) is 0 Å². The van der Waals surface area contributed by atoms with Gasteiger partial charge in [-0.3, -0.25) is 0 Å². The third-order valence-corrected chi connectivity index (χ3v) is 2.71. The van der Waals surface area contributed by atoms with E-state index in [-0.39, 0.29) is 0 Å². The highest BCUT2D eigenvalue weighted by molar-refractivity contribution is 4.41. The average Bonchev–Trinajstić information content (AvgIpc) is 2.39. The van der Waals surface area contributed by atoms with Gasteiger partial charge in [0.25, 0.3) is 0 Å². The van der Waals surface area contributed by atoms with Crippen molar-refractivity contribution in [1.29, 1.82) is 0 Å². The average molecular weight is 245 g/mol. The zero-order valence-electron chi connectivity index (χ0n) is 13.8. The van der Waals surface area contributed by atoms with Crippen molar-refractivity contribution in [2.45, 2.75) is 112 Å². The van der Waals surface area contributed by atoms with Crippen LogP contribution in [0.3, 0.4) is 0 Å². The van der Waals surface area contributed by atoms with Crippen molar-refractivity contribution in [3.63, 3.8) is 0 Å². The minimum atomic E-state index is 1.32. The van der Waals surface area contributed by atoms with Crippen LogP contribution in [-0.2, 0) is 0 Å². The molecule has 0 aromatic rings. The van der Waals surface area contributed by atoms with Gasteiger partial charge in [-0.15, -0.1) is 0 Å². The second-order valence-corrected chi connectivity index (χ2v) is 4.77. The Morgan fingerprint density at radius 1 is 0.294 bits per heavy atom. The third kappa shape index (κ3) is 49.0. The fourth-order valence-electron chi connectivity index (χ4n) is 1.03. The molecule has 0 aromatic carbocycles. The second-order valence-electron chi connectivity index (χ2n) is 4.77. The fourth-order valence-corrected chi connectivity index (χ4v) is 1.03. The van der Waals surface area contributed by atoms with Crippen molar-refractivity contribution < 1.29 is 0 Å². The summed E-state index contributed by atoms with van der Waals surface area (Å²) in [5.74, 6) is 0. The van der Waals surface area contributed by atoms with Gasteiger partial charge in [-0.2, -0.15) is 0 Å². The first kappa shape index (κ1) is 22.2. The Bertz CT molecular complexity index is 62.1. The highest BCUT2D eigenvalue weighted by Crippen LogP contribution is 2.05. The van der Waals surface area contributed by atoms with Crippen molar-refractivity contribution in [3.05, 3.63) is 0 Å². The molecule has 0 aliphatic rings. The largest absolute Gasteiger partial charge is 0.0654 e. The van der Waals surface area contributed by atoms with Gasteiger partial charge in [-0.1, -0.05) is 112 Å². The van der Waals surface area contributed by atoms with E-state index in [0.29, 0.717) is 0 Å². The van der Waals surface area contributed by atoms with Gasteiger partial charge in [-0.05, 0) is 0 Å². The highest BCUT2D eigenvalue weighted by atomic mass is 13.9. The van der Waals surface area contributed by atoms with Crippen LogP contribution in [0.25, 0.3) is 0 Å². The number of rotatable bonds is 8. The molecule has 0 amide bonds. The van der Waals surface area contributed by atoms with E-state index in [2.05, 4.69) is 41.5 Å². The van der Waals surface area contributed by atoms with E-state index in [9.17, 15) is 0 Å². The quantitative estimate of drug-likeness (QED) is 0.391. The normalized spacial score (nSPS) is 8.82. The zero-order valence-corrected chi connectivity index (χ0v) is 13.8. The molecule has 0 fully saturated rings. The molecule has 0 heterocycles. The fraction of sp³-hybridized carbons (Fsp3) is 1.00. The molecule has 0 saturated heterocycles. The lowest BCUT2D eigenvalue weighted by atomic mass is 10.1. The molecule has 0 atom stereocenters. The maximum atomic E-state index is 2.26. The third-order valence-electron chi connectivity index (χ3n) is 2.71. The van der Waals surface area contributed by atoms with E-state index in [1.54, 1.807) is 0 Å². The molecular formula is C17H40. The van der Waals surface area contributed by atoms with Crippen LogP contribution in [0.5, 0.6) is 0 Å². The molecule has 17 heavy (non-hydrogen) atoms. The first-order chi connectivity index (χ1) is 8.24. The van der Waals surface area contributed by atoms with Crippen molar-refractivity contribution in [2.75, 3.05) is 0 Å². The summed E-state index contributed by atoms with van der Waals surface area (Å²) in [5.41, 5.74) is 0. The Morgan fingerprint density at radius 2 is 0.529 bits per heavy atom. The van der Waals surface area contributed by atoms with Crippen LogP contribution in [0.2, 0.25) is 0 Å². The van der Waals surface area contributed by atoms with Crippen LogP contribution >= 0.6 is 0 Å². The molecule has 0 aliphatic carbocycles. The molecule has 108 valence electrons. The summed E-state index contributed by atoms with van der Waals surface area (Å²) in [7, 11) is 0. The van der Waals surface area contributed by atoms with E-state index in [4.69, 9.17) is 0 Å². The van der Waals surface area contributed by atoms with E-state index in [0.717, 1.165) is 0 Å². The predicted molar refractivity (Wildman–Crippen MR) is 84.8 cm³/mol. The molecule has 0 radical (unpaired) electrons.